The number of carbonyl (C=O) groups excluding carboxylic acids is 1. The SMILES string of the molecule is CCC(C)(C)C(=O)OCC(F)(F)C(F)(F)CC(F)(F)C(F)(F)C(F)(F)F. The summed E-state index contributed by atoms with van der Waals surface area (Å²) in [5, 5.41) is 0. The highest BCUT2D eigenvalue weighted by atomic mass is 19.4. The normalized spacial score (nSPS) is 15.2. The van der Waals surface area contributed by atoms with Gasteiger partial charge in [0.1, 0.15) is 0 Å². The predicted octanol–water partition coefficient (Wildman–Crippen LogP) is 5.46. The van der Waals surface area contributed by atoms with E-state index in [4.69, 9.17) is 0 Å². The second-order valence-corrected chi connectivity index (χ2v) is 6.18. The molecule has 156 valence electrons. The summed E-state index contributed by atoms with van der Waals surface area (Å²) in [5.74, 6) is -26.6. The molecule has 0 spiro atoms. The number of ether oxygens (including phenoxy) is 1. The van der Waals surface area contributed by atoms with Crippen LogP contribution in [0, 0.1) is 5.41 Å². The lowest BCUT2D eigenvalue weighted by atomic mass is 9.90. The first-order valence-electron chi connectivity index (χ1n) is 6.90. The molecule has 0 aromatic heterocycles. The molecule has 0 heterocycles. The van der Waals surface area contributed by atoms with E-state index in [0.717, 1.165) is 0 Å². The van der Waals surface area contributed by atoms with Crippen LogP contribution < -0.4 is 0 Å². The van der Waals surface area contributed by atoms with Crippen LogP contribution in [0.3, 0.4) is 0 Å². The number of esters is 1. The number of hydrogen-bond donors (Lipinski definition) is 0. The van der Waals surface area contributed by atoms with Crippen LogP contribution in [0.15, 0.2) is 0 Å². The van der Waals surface area contributed by atoms with Crippen molar-refractivity contribution in [2.45, 2.75) is 63.5 Å². The van der Waals surface area contributed by atoms with Crippen molar-refractivity contribution >= 4 is 5.97 Å². The average molecular weight is 412 g/mol. The first-order chi connectivity index (χ1) is 11.1. The Kier molecular flexibility index (Phi) is 6.67. The van der Waals surface area contributed by atoms with Gasteiger partial charge in [0.15, 0.2) is 6.61 Å². The summed E-state index contributed by atoms with van der Waals surface area (Å²) in [6, 6.07) is 0. The molecule has 0 aliphatic rings. The predicted molar refractivity (Wildman–Crippen MR) is 65.5 cm³/mol. The van der Waals surface area contributed by atoms with Gasteiger partial charge in [0, 0.05) is 0 Å². The zero-order valence-electron chi connectivity index (χ0n) is 13.6. The first kappa shape index (κ1) is 24.7. The summed E-state index contributed by atoms with van der Waals surface area (Å²) in [7, 11) is 0. The van der Waals surface area contributed by atoms with Gasteiger partial charge >= 0.3 is 35.8 Å². The molecule has 0 bridgehead atoms. The molecular weight excluding hydrogens is 397 g/mol. The summed E-state index contributed by atoms with van der Waals surface area (Å²) in [6.07, 6.45) is -10.7. The van der Waals surface area contributed by atoms with Crippen LogP contribution in [0.2, 0.25) is 0 Å². The van der Waals surface area contributed by atoms with E-state index in [-0.39, 0.29) is 6.42 Å². The minimum atomic E-state index is -6.97. The highest BCUT2D eigenvalue weighted by Crippen LogP contribution is 2.52. The van der Waals surface area contributed by atoms with Gasteiger partial charge in [-0.3, -0.25) is 4.79 Å². The second-order valence-electron chi connectivity index (χ2n) is 6.18. The number of rotatable bonds is 8. The molecule has 0 fully saturated rings. The maximum atomic E-state index is 13.4. The van der Waals surface area contributed by atoms with Crippen LogP contribution in [0.5, 0.6) is 0 Å². The molecule has 13 heteroatoms. The van der Waals surface area contributed by atoms with Crippen molar-refractivity contribution in [1.29, 1.82) is 0 Å². The lowest BCUT2D eigenvalue weighted by molar-refractivity contribution is -0.371. The largest absolute Gasteiger partial charge is 0.459 e. The molecule has 0 aromatic carbocycles. The monoisotopic (exact) mass is 412 g/mol. The minimum Gasteiger partial charge on any atom is -0.459 e. The molecule has 26 heavy (non-hydrogen) atoms. The molecule has 0 aliphatic carbocycles. The van der Waals surface area contributed by atoms with Crippen LogP contribution in [-0.2, 0) is 9.53 Å². The molecular formula is C13H15F11O2. The molecule has 0 saturated heterocycles. The molecule has 0 aromatic rings. The molecule has 0 aliphatic heterocycles. The maximum Gasteiger partial charge on any atom is 0.459 e. The van der Waals surface area contributed by atoms with Crippen molar-refractivity contribution < 1.29 is 57.8 Å². The zero-order chi connectivity index (χ0) is 21.4. The van der Waals surface area contributed by atoms with Crippen molar-refractivity contribution in [2.24, 2.45) is 5.41 Å². The van der Waals surface area contributed by atoms with E-state index < -0.39 is 54.3 Å². The van der Waals surface area contributed by atoms with Gasteiger partial charge in [-0.1, -0.05) is 6.92 Å². The Labute approximate surface area is 140 Å². The smallest absolute Gasteiger partial charge is 0.459 e. The lowest BCUT2D eigenvalue weighted by Gasteiger charge is -2.33. The maximum absolute atomic E-state index is 13.4. The summed E-state index contributed by atoms with van der Waals surface area (Å²) in [6.45, 7) is 1.30. The Balaban J connectivity index is 5.38. The van der Waals surface area contributed by atoms with Crippen molar-refractivity contribution in [1.82, 2.24) is 0 Å². The highest BCUT2D eigenvalue weighted by molar-refractivity contribution is 5.75. The molecule has 0 radical (unpaired) electrons. The Morgan fingerprint density at radius 3 is 1.54 bits per heavy atom. The van der Waals surface area contributed by atoms with Crippen molar-refractivity contribution in [3.63, 3.8) is 0 Å². The molecule has 0 saturated carbocycles. The van der Waals surface area contributed by atoms with Crippen molar-refractivity contribution in [3.8, 4) is 0 Å². The standard InChI is InChI=1S/C13H15F11O2/c1-4-8(2,3)7(25)26-6-11(18,19)9(14,15)5-10(16,17)12(20,21)13(22,23)24/h4-6H2,1-3H3. The fraction of sp³-hybridized carbons (Fsp3) is 0.923. The molecule has 0 amide bonds. The summed E-state index contributed by atoms with van der Waals surface area (Å²) in [4.78, 5) is 11.4. The highest BCUT2D eigenvalue weighted by Gasteiger charge is 2.76. The van der Waals surface area contributed by atoms with Gasteiger partial charge in [-0.25, -0.2) is 0 Å². The summed E-state index contributed by atoms with van der Waals surface area (Å²) in [5.41, 5.74) is -1.40. The van der Waals surface area contributed by atoms with Crippen LogP contribution in [0.1, 0.15) is 33.6 Å². The Morgan fingerprint density at radius 1 is 0.769 bits per heavy atom. The van der Waals surface area contributed by atoms with Crippen LogP contribution in [-0.4, -0.2) is 42.4 Å². The van der Waals surface area contributed by atoms with Crippen LogP contribution in [0.4, 0.5) is 48.3 Å². The lowest BCUT2D eigenvalue weighted by Crippen LogP contribution is -2.57. The minimum absolute atomic E-state index is 0.0175. The molecule has 0 N–H and O–H groups in total. The van der Waals surface area contributed by atoms with Gasteiger partial charge in [0.2, 0.25) is 0 Å². The molecule has 0 atom stereocenters. The summed E-state index contributed by atoms with van der Waals surface area (Å²) >= 11 is 0. The topological polar surface area (TPSA) is 26.3 Å². The Morgan fingerprint density at radius 2 is 1.19 bits per heavy atom. The Hall–Kier alpha value is -1.30. The third kappa shape index (κ3) is 4.90. The second kappa shape index (κ2) is 7.02. The number of carbonyl (C=O) groups is 1. The molecule has 2 nitrogen and oxygen atoms in total. The zero-order valence-corrected chi connectivity index (χ0v) is 13.6. The van der Waals surface area contributed by atoms with E-state index >= 15 is 0 Å². The summed E-state index contributed by atoms with van der Waals surface area (Å²) < 4.78 is 144. The Bertz CT molecular complexity index is 509. The van der Waals surface area contributed by atoms with E-state index in [0.29, 0.717) is 0 Å². The van der Waals surface area contributed by atoms with Gasteiger partial charge < -0.3 is 4.74 Å². The third-order valence-corrected chi connectivity index (χ3v) is 3.62. The fourth-order valence-electron chi connectivity index (χ4n) is 1.33. The van der Waals surface area contributed by atoms with Crippen molar-refractivity contribution in [2.75, 3.05) is 6.61 Å². The average Bonchev–Trinajstić information content (AvgIpc) is 2.41. The van der Waals surface area contributed by atoms with Crippen molar-refractivity contribution in [3.05, 3.63) is 0 Å². The molecule has 0 rings (SSSR count). The van der Waals surface area contributed by atoms with Crippen LogP contribution in [0.25, 0.3) is 0 Å². The quantitative estimate of drug-likeness (QED) is 0.391. The van der Waals surface area contributed by atoms with Gasteiger partial charge in [-0.15, -0.1) is 0 Å². The molecule has 0 unspecified atom stereocenters. The number of halogens is 11. The van der Waals surface area contributed by atoms with E-state index in [9.17, 15) is 53.1 Å². The van der Waals surface area contributed by atoms with Gasteiger partial charge in [-0.05, 0) is 20.3 Å². The van der Waals surface area contributed by atoms with E-state index in [1.165, 1.54) is 20.8 Å². The van der Waals surface area contributed by atoms with Gasteiger partial charge in [-0.2, -0.15) is 48.3 Å². The first-order valence-corrected chi connectivity index (χ1v) is 6.90. The van der Waals surface area contributed by atoms with Gasteiger partial charge in [0.05, 0.1) is 11.8 Å². The van der Waals surface area contributed by atoms with Gasteiger partial charge in [0.25, 0.3) is 0 Å². The third-order valence-electron chi connectivity index (χ3n) is 3.62. The van der Waals surface area contributed by atoms with E-state index in [1.807, 2.05) is 0 Å². The van der Waals surface area contributed by atoms with E-state index in [1.54, 1.807) is 0 Å². The number of hydrogen-bond acceptors (Lipinski definition) is 2. The van der Waals surface area contributed by atoms with E-state index in [2.05, 4.69) is 4.74 Å². The number of alkyl halides is 11. The van der Waals surface area contributed by atoms with Crippen LogP contribution >= 0.6 is 0 Å². The fourth-order valence-corrected chi connectivity index (χ4v) is 1.33.